The molecule has 0 aliphatic heterocycles. The van der Waals surface area contributed by atoms with Crippen LogP contribution in [0.3, 0.4) is 0 Å². The van der Waals surface area contributed by atoms with E-state index in [0.717, 1.165) is 21.0 Å². The first-order valence-electron chi connectivity index (χ1n) is 14.6. The number of sulfonamides is 1. The molecule has 1 unspecified atom stereocenters. The van der Waals surface area contributed by atoms with Crippen LogP contribution in [0, 0.1) is 10.1 Å². The first-order valence-corrected chi connectivity index (χ1v) is 16.1. The third-order valence-corrected chi connectivity index (χ3v) is 10.5. The van der Waals surface area contributed by atoms with Gasteiger partial charge in [-0.05, 0) is 34.8 Å². The van der Waals surface area contributed by atoms with E-state index in [1.54, 1.807) is 24.3 Å². The number of carboxylic acid groups (broad SMARTS) is 1. The van der Waals surface area contributed by atoms with Crippen molar-refractivity contribution in [2.24, 2.45) is 0 Å². The lowest BCUT2D eigenvalue weighted by Crippen LogP contribution is -2.47. The van der Waals surface area contributed by atoms with Crippen molar-refractivity contribution in [3.05, 3.63) is 166 Å². The van der Waals surface area contributed by atoms with Crippen LogP contribution in [0.5, 0.6) is 0 Å². The van der Waals surface area contributed by atoms with E-state index in [0.29, 0.717) is 28.7 Å². The molecule has 0 saturated carbocycles. The van der Waals surface area contributed by atoms with Crippen molar-refractivity contribution in [3.63, 3.8) is 0 Å². The highest BCUT2D eigenvalue weighted by Gasteiger charge is 2.51. The van der Waals surface area contributed by atoms with Crippen LogP contribution in [0.25, 0.3) is 16.5 Å². The minimum atomic E-state index is -4.56. The molecule has 6 rings (SSSR count). The molecule has 0 amide bonds. The molecule has 5 aromatic rings. The Hall–Kier alpha value is -5.32. The van der Waals surface area contributed by atoms with Crippen molar-refractivity contribution >= 4 is 38.2 Å². The maximum absolute atomic E-state index is 15.2. The molecular weight excluding hydrogens is 604 g/mol. The molecule has 9 nitrogen and oxygen atoms in total. The average Bonchev–Trinajstić information content (AvgIpc) is 3.43. The Morgan fingerprint density at radius 3 is 2.26 bits per heavy atom. The summed E-state index contributed by atoms with van der Waals surface area (Å²) in [4.78, 5) is 23.1. The van der Waals surface area contributed by atoms with E-state index in [2.05, 4.69) is 0 Å². The zero-order chi connectivity index (χ0) is 32.3. The van der Waals surface area contributed by atoms with Gasteiger partial charge >= 0.3 is 5.97 Å². The van der Waals surface area contributed by atoms with E-state index in [1.165, 1.54) is 18.2 Å². The zero-order valence-electron chi connectivity index (χ0n) is 24.7. The van der Waals surface area contributed by atoms with Gasteiger partial charge in [-0.25, -0.2) is 8.42 Å². The predicted molar refractivity (Wildman–Crippen MR) is 175 cm³/mol. The molecule has 0 saturated heterocycles. The number of nitro groups is 1. The van der Waals surface area contributed by atoms with Gasteiger partial charge in [-0.2, -0.15) is 4.31 Å². The molecule has 10 heteroatoms. The second kappa shape index (κ2) is 12.6. The van der Waals surface area contributed by atoms with Crippen molar-refractivity contribution in [3.8, 4) is 0 Å². The summed E-state index contributed by atoms with van der Waals surface area (Å²) >= 11 is 0. The van der Waals surface area contributed by atoms with Crippen molar-refractivity contribution in [2.75, 3.05) is 6.54 Å². The number of benzene rings is 4. The van der Waals surface area contributed by atoms with E-state index in [9.17, 15) is 20.0 Å². The van der Waals surface area contributed by atoms with E-state index in [-0.39, 0.29) is 24.2 Å². The fourth-order valence-corrected chi connectivity index (χ4v) is 8.09. The number of non-ortho nitro benzene ring substituents is 1. The fraction of sp³-hybridized carbons (Fsp3) is 0.139. The molecular formula is C36H30N2O7S. The molecule has 46 heavy (non-hydrogen) atoms. The van der Waals surface area contributed by atoms with Gasteiger partial charge in [-0.1, -0.05) is 109 Å². The molecule has 0 spiro atoms. The van der Waals surface area contributed by atoms with Crippen molar-refractivity contribution < 1.29 is 27.7 Å². The quantitative estimate of drug-likeness (QED) is 0.121. The summed E-state index contributed by atoms with van der Waals surface area (Å²) in [5.41, 5.74) is 3.65. The average molecular weight is 635 g/mol. The van der Waals surface area contributed by atoms with Crippen molar-refractivity contribution in [1.29, 1.82) is 0 Å². The minimum absolute atomic E-state index is 0.00751. The van der Waals surface area contributed by atoms with Crippen LogP contribution < -0.4 is 0 Å². The summed E-state index contributed by atoms with van der Waals surface area (Å²) in [6.45, 7) is -1.23. The largest absolute Gasteiger partial charge is 0.480 e. The standard InChI is InChI=1S/C36H30N2O7S/c39-34(40)25-37(24-27-12-9-15-30(22-27)38(41)42)46(43,44)36(20-18-29(19-21-36)28-13-5-2-6-14-28)35-31-16-7-8-17-32(31)45-33(35)23-26-10-3-1-4-11-26/h1-20,22H,21,23-25H2,(H,39,40). The Kier molecular flexibility index (Phi) is 8.40. The van der Waals surface area contributed by atoms with Gasteiger partial charge in [0.05, 0.1) is 4.92 Å². The molecule has 4 aromatic carbocycles. The van der Waals surface area contributed by atoms with E-state index >= 15 is 8.42 Å². The van der Waals surface area contributed by atoms with Gasteiger partial charge in [-0.3, -0.25) is 14.9 Å². The highest BCUT2D eigenvalue weighted by Crippen LogP contribution is 2.48. The third-order valence-electron chi connectivity index (χ3n) is 8.16. The Bertz CT molecular complexity index is 2090. The minimum Gasteiger partial charge on any atom is -0.480 e. The number of fused-ring (bicyclic) bond motifs is 1. The van der Waals surface area contributed by atoms with Crippen LogP contribution >= 0.6 is 0 Å². The van der Waals surface area contributed by atoms with Crippen LogP contribution in [0.15, 0.2) is 132 Å². The van der Waals surface area contributed by atoms with Crippen LogP contribution in [-0.4, -0.2) is 35.3 Å². The number of nitrogens with zero attached hydrogens (tertiary/aromatic N) is 2. The fourth-order valence-electron chi connectivity index (χ4n) is 6.02. The Morgan fingerprint density at radius 1 is 0.913 bits per heavy atom. The van der Waals surface area contributed by atoms with Crippen LogP contribution in [0.2, 0.25) is 0 Å². The lowest BCUT2D eigenvalue weighted by Gasteiger charge is -2.37. The molecule has 1 aromatic heterocycles. The van der Waals surface area contributed by atoms with Crippen LogP contribution in [-0.2, 0) is 32.5 Å². The van der Waals surface area contributed by atoms with Gasteiger partial charge in [0.2, 0.25) is 10.0 Å². The summed E-state index contributed by atoms with van der Waals surface area (Å²) in [6, 6.07) is 31.9. The molecule has 1 aliphatic rings. The summed E-state index contributed by atoms with van der Waals surface area (Å²) in [7, 11) is -4.56. The van der Waals surface area contributed by atoms with Gasteiger partial charge in [-0.15, -0.1) is 0 Å². The summed E-state index contributed by atoms with van der Waals surface area (Å²) < 4.78 is 35.8. The molecule has 232 valence electrons. The number of furan rings is 1. The number of para-hydroxylation sites is 1. The third kappa shape index (κ3) is 5.88. The highest BCUT2D eigenvalue weighted by atomic mass is 32.2. The monoisotopic (exact) mass is 634 g/mol. The Balaban J connectivity index is 1.56. The zero-order valence-corrected chi connectivity index (χ0v) is 25.5. The van der Waals surface area contributed by atoms with Crippen LogP contribution in [0.4, 0.5) is 5.69 Å². The number of hydrogen-bond acceptors (Lipinski definition) is 6. The molecule has 1 N–H and O–H groups in total. The van der Waals surface area contributed by atoms with Crippen LogP contribution in [0.1, 0.15) is 34.4 Å². The van der Waals surface area contributed by atoms with Gasteiger partial charge in [0.25, 0.3) is 5.69 Å². The number of carboxylic acids is 1. The van der Waals surface area contributed by atoms with Gasteiger partial charge in [0, 0.05) is 36.0 Å². The number of nitro benzene ring substituents is 1. The first-order chi connectivity index (χ1) is 22.2. The van der Waals surface area contributed by atoms with Crippen molar-refractivity contribution in [2.45, 2.75) is 24.1 Å². The highest BCUT2D eigenvalue weighted by molar-refractivity contribution is 7.90. The number of carbonyl (C=O) groups is 1. The topological polar surface area (TPSA) is 131 Å². The molecule has 0 fully saturated rings. The molecule has 1 aliphatic carbocycles. The van der Waals surface area contributed by atoms with E-state index in [4.69, 9.17) is 4.42 Å². The number of aliphatic carboxylic acids is 1. The smallest absolute Gasteiger partial charge is 0.318 e. The lowest BCUT2D eigenvalue weighted by atomic mass is 9.85. The van der Waals surface area contributed by atoms with Gasteiger partial charge in [0.1, 0.15) is 22.6 Å². The Labute approximate surface area is 265 Å². The second-order valence-corrected chi connectivity index (χ2v) is 13.3. The molecule has 1 atom stereocenters. The second-order valence-electron chi connectivity index (χ2n) is 11.1. The molecule has 1 heterocycles. The maximum atomic E-state index is 15.2. The van der Waals surface area contributed by atoms with Crippen molar-refractivity contribution in [1.82, 2.24) is 4.31 Å². The first kappa shape index (κ1) is 30.7. The normalized spacial score (nSPS) is 16.4. The Morgan fingerprint density at radius 2 is 1.59 bits per heavy atom. The maximum Gasteiger partial charge on any atom is 0.318 e. The number of rotatable bonds is 11. The van der Waals surface area contributed by atoms with Gasteiger partial charge < -0.3 is 9.52 Å². The summed E-state index contributed by atoms with van der Waals surface area (Å²) in [5, 5.41) is 22.0. The summed E-state index contributed by atoms with van der Waals surface area (Å²) in [6.07, 6.45) is 5.55. The molecule has 0 radical (unpaired) electrons. The lowest BCUT2D eigenvalue weighted by molar-refractivity contribution is -0.384. The van der Waals surface area contributed by atoms with E-state index in [1.807, 2.05) is 84.9 Å². The SMILES string of the molecule is O=C(O)CN(Cc1cccc([N+](=O)[O-])c1)S(=O)(=O)C1(c2c(Cc3ccccc3)oc3ccccc23)C=CC(c2ccccc2)=CC1. The summed E-state index contributed by atoms with van der Waals surface area (Å²) in [5.74, 6) is -0.908. The number of allylic oxidation sites excluding steroid dienone is 3. The predicted octanol–water partition coefficient (Wildman–Crippen LogP) is 7.09. The van der Waals surface area contributed by atoms with E-state index < -0.39 is 32.2 Å². The van der Waals surface area contributed by atoms with Gasteiger partial charge in [0.15, 0.2) is 0 Å². The molecule has 0 bridgehead atoms. The number of hydrogen-bond donors (Lipinski definition) is 1.